The highest BCUT2D eigenvalue weighted by molar-refractivity contribution is 5.96. The third-order valence-electron chi connectivity index (χ3n) is 5.99. The number of H-pyrrole nitrogens is 1. The van der Waals surface area contributed by atoms with E-state index in [9.17, 15) is 9.59 Å². The van der Waals surface area contributed by atoms with Gasteiger partial charge in [-0.3, -0.25) is 4.79 Å². The third kappa shape index (κ3) is 4.72. The molecule has 0 fully saturated rings. The number of carbonyl (C=O) groups is 2. The zero-order chi connectivity index (χ0) is 25.0. The van der Waals surface area contributed by atoms with Gasteiger partial charge in [-0.15, -0.1) is 10.2 Å². The van der Waals surface area contributed by atoms with Crippen LogP contribution in [0.4, 0.5) is 5.69 Å². The van der Waals surface area contributed by atoms with Gasteiger partial charge in [0.05, 0.1) is 7.11 Å². The average molecular weight is 476 g/mol. The fourth-order valence-electron chi connectivity index (χ4n) is 4.40. The molecule has 3 N–H and O–H groups in total. The summed E-state index contributed by atoms with van der Waals surface area (Å²) in [5.41, 5.74) is 3.19. The third-order valence-corrected chi connectivity index (χ3v) is 5.99. The smallest absolute Gasteiger partial charge is 0.358 e. The summed E-state index contributed by atoms with van der Waals surface area (Å²) in [5.74, 6) is 0.0425. The number of rotatable bonds is 8. The quantitative estimate of drug-likeness (QED) is 0.424. The minimum atomic E-state index is -0.638. The van der Waals surface area contributed by atoms with Crippen molar-refractivity contribution in [1.82, 2.24) is 31.3 Å². The molecule has 2 heterocycles. The summed E-state index contributed by atoms with van der Waals surface area (Å²) in [4.78, 5) is 26.7. The Morgan fingerprint density at radius 2 is 1.83 bits per heavy atom. The Labute approximate surface area is 203 Å². The van der Waals surface area contributed by atoms with E-state index in [-0.39, 0.29) is 11.6 Å². The molecule has 2 aromatic carbocycles. The van der Waals surface area contributed by atoms with Crippen molar-refractivity contribution >= 4 is 17.6 Å². The topological polar surface area (TPSA) is 125 Å². The minimum Gasteiger partial charge on any atom is -0.464 e. The predicted molar refractivity (Wildman–Crippen MR) is 131 cm³/mol. The number of aromatic nitrogens is 4. The Balaban J connectivity index is 1.77. The first-order valence-corrected chi connectivity index (χ1v) is 11.5. The first-order valence-electron chi connectivity index (χ1n) is 11.5. The second kappa shape index (κ2) is 9.96. The lowest BCUT2D eigenvalue weighted by Crippen LogP contribution is -2.51. The van der Waals surface area contributed by atoms with Crippen LogP contribution >= 0.6 is 0 Å². The Hall–Kier alpha value is -4.21. The van der Waals surface area contributed by atoms with Crippen LogP contribution in [0.2, 0.25) is 0 Å². The highest BCUT2D eigenvalue weighted by Crippen LogP contribution is 2.38. The van der Waals surface area contributed by atoms with Crippen LogP contribution in [-0.2, 0) is 14.3 Å². The summed E-state index contributed by atoms with van der Waals surface area (Å²) >= 11 is 0. The van der Waals surface area contributed by atoms with E-state index in [1.165, 1.54) is 14.0 Å². The standard InChI is InChI=1S/C25H29N7O3/c1-5-6-15-25(3)27-23(26-16(2)33)21(24(34)35-4)32(25)18-13-11-17(12-14-18)19-9-7-8-10-20(19)22-28-30-31-29-22/h7-14,27H,5-6,15H2,1-4H3,(H,26,33)(H,28,29,30,31). The second-order valence-corrected chi connectivity index (χ2v) is 8.56. The fraction of sp³-hybridized carbons (Fsp3) is 0.320. The molecule has 3 aromatic rings. The van der Waals surface area contributed by atoms with E-state index in [4.69, 9.17) is 4.74 Å². The molecule has 1 aliphatic heterocycles. The zero-order valence-corrected chi connectivity index (χ0v) is 20.3. The predicted octanol–water partition coefficient (Wildman–Crippen LogP) is 3.33. The molecule has 4 rings (SSSR count). The molecule has 1 unspecified atom stereocenters. The van der Waals surface area contributed by atoms with Gasteiger partial charge in [-0.2, -0.15) is 5.21 Å². The van der Waals surface area contributed by atoms with Gasteiger partial charge in [0, 0.05) is 18.2 Å². The van der Waals surface area contributed by atoms with Crippen molar-refractivity contribution in [2.24, 2.45) is 0 Å². The van der Waals surface area contributed by atoms with E-state index in [0.717, 1.165) is 41.6 Å². The highest BCUT2D eigenvalue weighted by atomic mass is 16.5. The van der Waals surface area contributed by atoms with E-state index >= 15 is 0 Å². The number of nitrogens with one attached hydrogen (secondary N) is 3. The van der Waals surface area contributed by atoms with Gasteiger partial charge in [-0.25, -0.2) is 4.79 Å². The number of ether oxygens (including phenoxy) is 1. The van der Waals surface area contributed by atoms with Gasteiger partial charge in [-0.05, 0) is 48.2 Å². The number of benzene rings is 2. The van der Waals surface area contributed by atoms with Gasteiger partial charge in [0.1, 0.15) is 11.5 Å². The number of unbranched alkanes of at least 4 members (excludes halogenated alkanes) is 1. The molecule has 1 amide bonds. The summed E-state index contributed by atoms with van der Waals surface area (Å²) in [6, 6.07) is 15.7. The van der Waals surface area contributed by atoms with Gasteiger partial charge >= 0.3 is 5.97 Å². The maximum absolute atomic E-state index is 12.9. The molecular formula is C25H29N7O3. The van der Waals surface area contributed by atoms with Crippen LogP contribution in [-0.4, -0.2) is 45.3 Å². The molecule has 10 heteroatoms. The van der Waals surface area contributed by atoms with Gasteiger partial charge in [-0.1, -0.05) is 49.7 Å². The maximum atomic E-state index is 12.9. The van der Waals surface area contributed by atoms with E-state index in [0.29, 0.717) is 11.6 Å². The number of tetrazole rings is 1. The molecule has 0 spiro atoms. The fourth-order valence-corrected chi connectivity index (χ4v) is 4.40. The van der Waals surface area contributed by atoms with Gasteiger partial charge in [0.15, 0.2) is 5.70 Å². The molecule has 1 aliphatic rings. The van der Waals surface area contributed by atoms with Crippen LogP contribution in [0.3, 0.4) is 0 Å². The monoisotopic (exact) mass is 475 g/mol. The zero-order valence-electron chi connectivity index (χ0n) is 20.3. The van der Waals surface area contributed by atoms with Crippen molar-refractivity contribution in [3.05, 3.63) is 60.0 Å². The lowest BCUT2D eigenvalue weighted by molar-refractivity contribution is -0.136. The number of aromatic amines is 1. The van der Waals surface area contributed by atoms with E-state index in [1.54, 1.807) is 0 Å². The Bertz CT molecular complexity index is 1240. The van der Waals surface area contributed by atoms with Crippen LogP contribution in [0.25, 0.3) is 22.5 Å². The van der Waals surface area contributed by atoms with Crippen molar-refractivity contribution in [3.63, 3.8) is 0 Å². The van der Waals surface area contributed by atoms with Crippen LogP contribution < -0.4 is 15.5 Å². The molecule has 0 bridgehead atoms. The number of anilines is 1. The van der Waals surface area contributed by atoms with Crippen LogP contribution in [0.15, 0.2) is 60.0 Å². The molecule has 1 aromatic heterocycles. The maximum Gasteiger partial charge on any atom is 0.358 e. The largest absolute Gasteiger partial charge is 0.464 e. The average Bonchev–Trinajstić information content (AvgIpc) is 3.49. The Morgan fingerprint density at radius 1 is 1.11 bits per heavy atom. The van der Waals surface area contributed by atoms with Crippen molar-refractivity contribution < 1.29 is 14.3 Å². The lowest BCUT2D eigenvalue weighted by atomic mass is 9.98. The highest BCUT2D eigenvalue weighted by Gasteiger charge is 2.45. The Morgan fingerprint density at radius 3 is 2.43 bits per heavy atom. The number of carbonyl (C=O) groups excluding carboxylic acids is 2. The summed E-state index contributed by atoms with van der Waals surface area (Å²) < 4.78 is 5.09. The molecule has 182 valence electrons. The molecule has 0 radical (unpaired) electrons. The van der Waals surface area contributed by atoms with E-state index in [2.05, 4.69) is 38.2 Å². The van der Waals surface area contributed by atoms with Crippen LogP contribution in [0.1, 0.15) is 40.0 Å². The molecule has 35 heavy (non-hydrogen) atoms. The minimum absolute atomic E-state index is 0.265. The number of methoxy groups -OCH3 is 1. The van der Waals surface area contributed by atoms with E-state index in [1.807, 2.05) is 60.4 Å². The van der Waals surface area contributed by atoms with Gasteiger partial charge in [0.2, 0.25) is 11.7 Å². The first-order chi connectivity index (χ1) is 16.9. The van der Waals surface area contributed by atoms with Crippen molar-refractivity contribution in [2.45, 2.75) is 45.7 Å². The van der Waals surface area contributed by atoms with Crippen molar-refractivity contribution in [1.29, 1.82) is 0 Å². The number of nitrogens with zero attached hydrogens (tertiary/aromatic N) is 4. The number of amides is 1. The SMILES string of the molecule is CCCCC1(C)NC(NC(C)=O)=C(C(=O)OC)N1c1ccc(-c2ccccc2-c2nn[nH]n2)cc1. The second-order valence-electron chi connectivity index (χ2n) is 8.56. The van der Waals surface area contributed by atoms with Gasteiger partial charge in [0.25, 0.3) is 0 Å². The molecular weight excluding hydrogens is 446 g/mol. The molecule has 0 saturated heterocycles. The van der Waals surface area contributed by atoms with Crippen LogP contribution in [0, 0.1) is 0 Å². The molecule has 1 atom stereocenters. The summed E-state index contributed by atoms with van der Waals surface area (Å²) in [7, 11) is 1.33. The lowest BCUT2D eigenvalue weighted by Gasteiger charge is -2.38. The van der Waals surface area contributed by atoms with Crippen LogP contribution in [0.5, 0.6) is 0 Å². The summed E-state index contributed by atoms with van der Waals surface area (Å²) in [6.45, 7) is 5.54. The van der Waals surface area contributed by atoms with Gasteiger partial charge < -0.3 is 20.3 Å². The number of hydrogen-bond acceptors (Lipinski definition) is 8. The number of hydrogen-bond donors (Lipinski definition) is 3. The summed E-state index contributed by atoms with van der Waals surface area (Å²) in [6.07, 6.45) is 2.66. The Kier molecular flexibility index (Phi) is 6.81. The van der Waals surface area contributed by atoms with E-state index < -0.39 is 11.6 Å². The molecule has 10 nitrogen and oxygen atoms in total. The molecule has 0 aliphatic carbocycles. The van der Waals surface area contributed by atoms with Crippen molar-refractivity contribution in [2.75, 3.05) is 12.0 Å². The summed E-state index contributed by atoms with van der Waals surface area (Å²) in [5, 5.41) is 20.5. The number of esters is 1. The van der Waals surface area contributed by atoms with Crippen molar-refractivity contribution in [3.8, 4) is 22.5 Å². The molecule has 0 saturated carbocycles. The first kappa shape index (κ1) is 23.9. The normalized spacial score (nSPS) is 17.3.